The molecule has 3 nitrogen and oxygen atoms in total. The van der Waals surface area contributed by atoms with Crippen molar-refractivity contribution in [2.24, 2.45) is 0 Å². The average molecular weight is 230 g/mol. The quantitative estimate of drug-likeness (QED) is 0.676. The summed E-state index contributed by atoms with van der Waals surface area (Å²) in [7, 11) is 1.68. The number of fused-ring (bicyclic) bond motifs is 1. The Labute approximate surface area is 96.9 Å². The molecule has 0 N–H and O–H groups in total. The monoisotopic (exact) mass is 230 g/mol. The number of methoxy groups -OCH3 is 1. The zero-order chi connectivity index (χ0) is 11.0. The van der Waals surface area contributed by atoms with Gasteiger partial charge in [-0.15, -0.1) is 0 Å². The highest BCUT2D eigenvalue weighted by molar-refractivity contribution is 7.20. The molecule has 0 saturated carbocycles. The molecule has 3 rings (SSSR count). The van der Waals surface area contributed by atoms with Gasteiger partial charge in [0.15, 0.2) is 5.13 Å². The van der Waals surface area contributed by atoms with Crippen molar-refractivity contribution in [2.45, 2.75) is 0 Å². The van der Waals surface area contributed by atoms with Gasteiger partial charge in [-0.05, 0) is 30.3 Å². The number of thiazole rings is 1. The summed E-state index contributed by atoms with van der Waals surface area (Å²) >= 11 is 1.66. The van der Waals surface area contributed by atoms with E-state index in [9.17, 15) is 0 Å². The maximum atomic E-state index is 5.19. The Kier molecular flexibility index (Phi) is 2.15. The van der Waals surface area contributed by atoms with Crippen LogP contribution >= 0.6 is 11.3 Å². The maximum absolute atomic E-state index is 5.19. The van der Waals surface area contributed by atoms with Crippen molar-refractivity contribution in [1.29, 1.82) is 0 Å². The Morgan fingerprint density at radius 2 is 2.06 bits per heavy atom. The third-order valence-corrected chi connectivity index (χ3v) is 3.44. The lowest BCUT2D eigenvalue weighted by Gasteiger charge is -1.96. The fourth-order valence-corrected chi connectivity index (χ4v) is 2.55. The highest BCUT2D eigenvalue weighted by Crippen LogP contribution is 2.28. The normalized spacial score (nSPS) is 10.8. The second kappa shape index (κ2) is 3.64. The number of hydrogen-bond donors (Lipinski definition) is 0. The summed E-state index contributed by atoms with van der Waals surface area (Å²) in [4.78, 5) is 4.56. The van der Waals surface area contributed by atoms with Gasteiger partial charge in [0.2, 0.25) is 0 Å². The van der Waals surface area contributed by atoms with Crippen LogP contribution in [0.3, 0.4) is 0 Å². The number of ether oxygens (including phenoxy) is 1. The summed E-state index contributed by atoms with van der Waals surface area (Å²) in [6.45, 7) is 0. The van der Waals surface area contributed by atoms with Gasteiger partial charge in [-0.3, -0.25) is 0 Å². The summed E-state index contributed by atoms with van der Waals surface area (Å²) in [5, 5.41) is 0.980. The van der Waals surface area contributed by atoms with Crippen molar-refractivity contribution in [3.05, 3.63) is 42.7 Å². The van der Waals surface area contributed by atoms with E-state index in [0.717, 1.165) is 21.1 Å². The molecule has 80 valence electrons. The first-order chi connectivity index (χ1) is 7.86. The molecule has 2 heterocycles. The second-order valence-corrected chi connectivity index (χ2v) is 4.43. The molecule has 0 radical (unpaired) electrons. The van der Waals surface area contributed by atoms with Crippen LogP contribution in [0.1, 0.15) is 0 Å². The van der Waals surface area contributed by atoms with E-state index in [1.54, 1.807) is 18.4 Å². The Morgan fingerprint density at radius 3 is 2.81 bits per heavy atom. The van der Waals surface area contributed by atoms with Crippen molar-refractivity contribution in [3.8, 4) is 10.9 Å². The molecule has 4 heteroatoms. The van der Waals surface area contributed by atoms with Crippen molar-refractivity contribution in [3.63, 3.8) is 0 Å². The smallest absolute Gasteiger partial charge is 0.194 e. The van der Waals surface area contributed by atoms with Crippen LogP contribution in [0.2, 0.25) is 0 Å². The average Bonchev–Trinajstić information content (AvgIpc) is 2.96. The van der Waals surface area contributed by atoms with Gasteiger partial charge < -0.3 is 9.30 Å². The minimum Gasteiger partial charge on any atom is -0.497 e. The molecule has 2 aromatic heterocycles. The third-order valence-electron chi connectivity index (χ3n) is 2.41. The summed E-state index contributed by atoms with van der Waals surface area (Å²) < 4.78 is 8.35. The van der Waals surface area contributed by atoms with Crippen molar-refractivity contribution >= 4 is 21.6 Å². The summed E-state index contributed by atoms with van der Waals surface area (Å²) in [6, 6.07) is 9.92. The molecule has 1 aromatic carbocycles. The van der Waals surface area contributed by atoms with Crippen LogP contribution < -0.4 is 4.74 Å². The lowest BCUT2D eigenvalue weighted by molar-refractivity contribution is 0.415. The van der Waals surface area contributed by atoms with Gasteiger partial charge in [0.05, 0.1) is 17.3 Å². The zero-order valence-electron chi connectivity index (χ0n) is 8.75. The lowest BCUT2D eigenvalue weighted by atomic mass is 10.3. The van der Waals surface area contributed by atoms with Crippen molar-refractivity contribution in [2.75, 3.05) is 7.11 Å². The van der Waals surface area contributed by atoms with Crippen LogP contribution in [0.15, 0.2) is 42.7 Å². The van der Waals surface area contributed by atoms with Crippen LogP contribution in [0, 0.1) is 0 Å². The molecule has 0 spiro atoms. The Morgan fingerprint density at radius 1 is 1.25 bits per heavy atom. The SMILES string of the molecule is COc1ccc2nc(-n3cccc3)sc2c1. The fraction of sp³-hybridized carbons (Fsp3) is 0.0833. The van der Waals surface area contributed by atoms with E-state index < -0.39 is 0 Å². The first-order valence-corrected chi connectivity index (χ1v) is 5.76. The highest BCUT2D eigenvalue weighted by Gasteiger charge is 2.05. The minimum absolute atomic E-state index is 0.871. The molecule has 0 atom stereocenters. The van der Waals surface area contributed by atoms with Gasteiger partial charge in [0, 0.05) is 12.4 Å². The topological polar surface area (TPSA) is 27.1 Å². The first-order valence-electron chi connectivity index (χ1n) is 4.95. The number of benzene rings is 1. The maximum Gasteiger partial charge on any atom is 0.194 e. The molecule has 0 aliphatic rings. The fourth-order valence-electron chi connectivity index (χ4n) is 1.59. The molecule has 16 heavy (non-hydrogen) atoms. The van der Waals surface area contributed by atoms with Crippen LogP contribution in [-0.2, 0) is 0 Å². The van der Waals surface area contributed by atoms with Crippen LogP contribution in [0.4, 0.5) is 0 Å². The molecule has 0 bridgehead atoms. The zero-order valence-corrected chi connectivity index (χ0v) is 9.57. The minimum atomic E-state index is 0.871. The molecule has 0 unspecified atom stereocenters. The predicted octanol–water partition coefficient (Wildman–Crippen LogP) is 3.10. The molecule has 0 amide bonds. The molecule has 0 fully saturated rings. The van der Waals surface area contributed by atoms with Gasteiger partial charge in [-0.25, -0.2) is 4.98 Å². The van der Waals surface area contributed by atoms with Crippen LogP contribution in [0.25, 0.3) is 15.3 Å². The first kappa shape index (κ1) is 9.42. The van der Waals surface area contributed by atoms with Gasteiger partial charge in [0.25, 0.3) is 0 Å². The number of aromatic nitrogens is 2. The van der Waals surface area contributed by atoms with E-state index in [1.807, 2.05) is 47.3 Å². The molecule has 0 aliphatic carbocycles. The predicted molar refractivity (Wildman–Crippen MR) is 65.5 cm³/mol. The standard InChI is InChI=1S/C12H10N2OS/c1-15-9-4-5-10-11(8-9)16-12(13-10)14-6-2-3-7-14/h2-8H,1H3. The van der Waals surface area contributed by atoms with E-state index >= 15 is 0 Å². The molecule has 0 saturated heterocycles. The largest absolute Gasteiger partial charge is 0.497 e. The second-order valence-electron chi connectivity index (χ2n) is 3.42. The van der Waals surface area contributed by atoms with Gasteiger partial charge in [-0.1, -0.05) is 11.3 Å². The van der Waals surface area contributed by atoms with E-state index in [4.69, 9.17) is 4.74 Å². The van der Waals surface area contributed by atoms with E-state index in [1.165, 1.54) is 0 Å². The molecular weight excluding hydrogens is 220 g/mol. The summed E-state index contributed by atoms with van der Waals surface area (Å²) in [6.07, 6.45) is 3.99. The Balaban J connectivity index is 2.16. The Bertz CT molecular complexity index is 613. The van der Waals surface area contributed by atoms with E-state index in [2.05, 4.69) is 4.98 Å². The van der Waals surface area contributed by atoms with Gasteiger partial charge in [-0.2, -0.15) is 0 Å². The van der Waals surface area contributed by atoms with Crippen molar-refractivity contribution < 1.29 is 4.74 Å². The van der Waals surface area contributed by atoms with E-state index in [-0.39, 0.29) is 0 Å². The number of hydrogen-bond acceptors (Lipinski definition) is 3. The van der Waals surface area contributed by atoms with E-state index in [0.29, 0.717) is 0 Å². The lowest BCUT2D eigenvalue weighted by Crippen LogP contribution is -1.86. The van der Waals surface area contributed by atoms with Crippen LogP contribution in [-0.4, -0.2) is 16.7 Å². The van der Waals surface area contributed by atoms with Crippen LogP contribution in [0.5, 0.6) is 5.75 Å². The summed E-state index contributed by atoms with van der Waals surface area (Å²) in [5.41, 5.74) is 1.01. The van der Waals surface area contributed by atoms with Gasteiger partial charge >= 0.3 is 0 Å². The Hall–Kier alpha value is -1.81. The molecular formula is C12H10N2OS. The van der Waals surface area contributed by atoms with Gasteiger partial charge in [0.1, 0.15) is 5.75 Å². The third kappa shape index (κ3) is 1.47. The molecule has 0 aliphatic heterocycles. The number of nitrogens with zero attached hydrogens (tertiary/aromatic N) is 2. The summed E-state index contributed by atoms with van der Waals surface area (Å²) in [5.74, 6) is 0.871. The highest BCUT2D eigenvalue weighted by atomic mass is 32.1. The number of rotatable bonds is 2. The molecule has 3 aromatic rings. The van der Waals surface area contributed by atoms with Crippen molar-refractivity contribution in [1.82, 2.24) is 9.55 Å².